The maximum Gasteiger partial charge on any atom is 0.183 e. The average Bonchev–Trinajstić information content (AvgIpc) is 3.22. The molecule has 4 aromatic rings. The zero-order chi connectivity index (χ0) is 16.6. The highest BCUT2D eigenvalue weighted by atomic mass is 32.1. The van der Waals surface area contributed by atoms with Crippen LogP contribution in [0.15, 0.2) is 52.9 Å². The summed E-state index contributed by atoms with van der Waals surface area (Å²) in [6.07, 6.45) is 0.991. The first-order valence-electron chi connectivity index (χ1n) is 8.68. The molecule has 0 amide bonds. The summed E-state index contributed by atoms with van der Waals surface area (Å²) in [6.45, 7) is 3.93. The molecular weight excluding hydrogens is 330 g/mol. The van der Waals surface area contributed by atoms with E-state index in [9.17, 15) is 0 Å². The van der Waals surface area contributed by atoms with Crippen LogP contribution in [0.3, 0.4) is 0 Å². The second-order valence-electron chi connectivity index (χ2n) is 6.44. The molecule has 1 N–H and O–H groups in total. The summed E-state index contributed by atoms with van der Waals surface area (Å²) in [4.78, 5) is 7.13. The second-order valence-corrected chi connectivity index (χ2v) is 7.47. The Morgan fingerprint density at radius 3 is 2.96 bits per heavy atom. The van der Waals surface area contributed by atoms with Crippen LogP contribution in [0, 0.1) is 0 Å². The van der Waals surface area contributed by atoms with Gasteiger partial charge in [0, 0.05) is 43.5 Å². The zero-order valence-electron chi connectivity index (χ0n) is 13.9. The van der Waals surface area contributed by atoms with E-state index in [2.05, 4.69) is 51.6 Å². The Bertz CT molecular complexity index is 1000. The van der Waals surface area contributed by atoms with Gasteiger partial charge in [-0.1, -0.05) is 41.7 Å². The number of anilines is 1. The van der Waals surface area contributed by atoms with Gasteiger partial charge in [0.05, 0.1) is 10.2 Å². The maximum atomic E-state index is 6.00. The molecule has 1 aliphatic heterocycles. The van der Waals surface area contributed by atoms with E-state index in [1.54, 1.807) is 11.3 Å². The third-order valence-corrected chi connectivity index (χ3v) is 5.81. The standard InChI is InChI=1S/C20H19N3OS/c1-3-7-17-14(5-1)15-13-23(11-9-18(15)24-17)12-10-21-20-22-16-6-2-4-8-19(16)25-20/h1-8H,9-13H2,(H,21,22). The molecule has 0 spiro atoms. The van der Waals surface area contributed by atoms with Crippen molar-refractivity contribution in [3.63, 3.8) is 0 Å². The summed E-state index contributed by atoms with van der Waals surface area (Å²) in [5.74, 6) is 1.16. The Labute approximate surface area is 150 Å². The van der Waals surface area contributed by atoms with Crippen LogP contribution < -0.4 is 5.32 Å². The van der Waals surface area contributed by atoms with E-state index < -0.39 is 0 Å². The van der Waals surface area contributed by atoms with Crippen molar-refractivity contribution >= 4 is 37.7 Å². The Hall–Kier alpha value is -2.37. The van der Waals surface area contributed by atoms with E-state index in [4.69, 9.17) is 4.42 Å². The van der Waals surface area contributed by atoms with Gasteiger partial charge in [-0.15, -0.1) is 0 Å². The minimum absolute atomic E-state index is 0.908. The van der Waals surface area contributed by atoms with Crippen LogP contribution in [0.4, 0.5) is 5.13 Å². The highest BCUT2D eigenvalue weighted by Crippen LogP contribution is 2.30. The summed E-state index contributed by atoms with van der Waals surface area (Å²) in [6, 6.07) is 16.6. The molecule has 0 saturated heterocycles. The molecule has 5 heteroatoms. The van der Waals surface area contributed by atoms with Crippen LogP contribution in [0.1, 0.15) is 11.3 Å². The van der Waals surface area contributed by atoms with E-state index in [1.165, 1.54) is 15.6 Å². The van der Waals surface area contributed by atoms with Crippen molar-refractivity contribution in [2.75, 3.05) is 25.0 Å². The summed E-state index contributed by atoms with van der Waals surface area (Å²) in [5.41, 5.74) is 3.45. The van der Waals surface area contributed by atoms with E-state index in [0.29, 0.717) is 0 Å². The fraction of sp³-hybridized carbons (Fsp3) is 0.250. The maximum absolute atomic E-state index is 6.00. The fourth-order valence-electron chi connectivity index (χ4n) is 3.55. The van der Waals surface area contributed by atoms with Gasteiger partial charge in [0.25, 0.3) is 0 Å². The van der Waals surface area contributed by atoms with Crippen molar-refractivity contribution in [3.8, 4) is 0 Å². The number of para-hydroxylation sites is 2. The third-order valence-electron chi connectivity index (χ3n) is 4.82. The van der Waals surface area contributed by atoms with Gasteiger partial charge >= 0.3 is 0 Å². The SMILES string of the molecule is c1ccc2sc(NCCN3CCc4oc5ccccc5c4C3)nc2c1. The molecule has 0 bridgehead atoms. The highest BCUT2D eigenvalue weighted by molar-refractivity contribution is 7.22. The van der Waals surface area contributed by atoms with Crippen molar-refractivity contribution in [1.29, 1.82) is 0 Å². The van der Waals surface area contributed by atoms with E-state index >= 15 is 0 Å². The Balaban J connectivity index is 1.25. The van der Waals surface area contributed by atoms with Gasteiger partial charge in [-0.05, 0) is 18.2 Å². The largest absolute Gasteiger partial charge is 0.461 e. The van der Waals surface area contributed by atoms with Gasteiger partial charge in [0.1, 0.15) is 11.3 Å². The van der Waals surface area contributed by atoms with Crippen LogP contribution in [0.5, 0.6) is 0 Å². The number of benzene rings is 2. The molecule has 126 valence electrons. The van der Waals surface area contributed by atoms with Crippen molar-refractivity contribution in [3.05, 3.63) is 59.9 Å². The molecule has 0 atom stereocenters. The number of nitrogens with one attached hydrogen (secondary N) is 1. The number of hydrogen-bond donors (Lipinski definition) is 1. The van der Waals surface area contributed by atoms with Crippen molar-refractivity contribution < 1.29 is 4.42 Å². The van der Waals surface area contributed by atoms with Gasteiger partial charge in [-0.2, -0.15) is 0 Å². The van der Waals surface area contributed by atoms with Crippen molar-refractivity contribution in [1.82, 2.24) is 9.88 Å². The molecule has 0 unspecified atom stereocenters. The lowest BCUT2D eigenvalue weighted by Gasteiger charge is -2.26. The molecule has 2 aromatic heterocycles. The number of rotatable bonds is 4. The number of thiazole rings is 1. The Kier molecular flexibility index (Phi) is 3.68. The lowest BCUT2D eigenvalue weighted by Crippen LogP contribution is -2.33. The molecule has 2 aromatic carbocycles. The third kappa shape index (κ3) is 2.79. The predicted molar refractivity (Wildman–Crippen MR) is 103 cm³/mol. The van der Waals surface area contributed by atoms with Gasteiger partial charge in [0.2, 0.25) is 0 Å². The van der Waals surface area contributed by atoms with Crippen LogP contribution >= 0.6 is 11.3 Å². The lowest BCUT2D eigenvalue weighted by molar-refractivity contribution is 0.253. The normalized spacial score (nSPS) is 14.9. The molecule has 25 heavy (non-hydrogen) atoms. The first kappa shape index (κ1) is 14.9. The monoisotopic (exact) mass is 349 g/mol. The minimum atomic E-state index is 0.908. The van der Waals surface area contributed by atoms with Crippen LogP contribution in [0.25, 0.3) is 21.2 Å². The topological polar surface area (TPSA) is 41.3 Å². The number of aromatic nitrogens is 1. The smallest absolute Gasteiger partial charge is 0.183 e. The van der Waals surface area contributed by atoms with Gasteiger partial charge in [0.15, 0.2) is 5.13 Å². The Morgan fingerprint density at radius 1 is 1.12 bits per heavy atom. The van der Waals surface area contributed by atoms with Crippen molar-refractivity contribution in [2.24, 2.45) is 0 Å². The predicted octanol–water partition coefficient (Wildman–Crippen LogP) is 4.51. The van der Waals surface area contributed by atoms with Gasteiger partial charge in [-0.25, -0.2) is 4.98 Å². The zero-order valence-corrected chi connectivity index (χ0v) is 14.7. The first-order chi connectivity index (χ1) is 12.4. The average molecular weight is 349 g/mol. The summed E-state index contributed by atoms with van der Waals surface area (Å²) >= 11 is 1.72. The van der Waals surface area contributed by atoms with Crippen LogP contribution in [0.2, 0.25) is 0 Å². The molecule has 0 saturated carbocycles. The molecule has 3 heterocycles. The van der Waals surface area contributed by atoms with Crippen LogP contribution in [-0.2, 0) is 13.0 Å². The lowest BCUT2D eigenvalue weighted by atomic mass is 10.0. The first-order valence-corrected chi connectivity index (χ1v) is 9.49. The summed E-state index contributed by atoms with van der Waals surface area (Å²) in [7, 11) is 0. The molecule has 0 radical (unpaired) electrons. The fourth-order valence-corrected chi connectivity index (χ4v) is 4.44. The molecular formula is C20H19N3OS. The van der Waals surface area contributed by atoms with E-state index in [0.717, 1.165) is 54.6 Å². The highest BCUT2D eigenvalue weighted by Gasteiger charge is 2.22. The molecule has 0 fully saturated rings. The number of fused-ring (bicyclic) bond motifs is 4. The summed E-state index contributed by atoms with van der Waals surface area (Å²) < 4.78 is 7.23. The molecule has 1 aliphatic rings. The molecule has 5 rings (SSSR count). The van der Waals surface area contributed by atoms with Crippen LogP contribution in [-0.4, -0.2) is 29.5 Å². The van der Waals surface area contributed by atoms with Crippen molar-refractivity contribution in [2.45, 2.75) is 13.0 Å². The second kappa shape index (κ2) is 6.17. The Morgan fingerprint density at radius 2 is 2.00 bits per heavy atom. The van der Waals surface area contributed by atoms with Gasteiger partial charge < -0.3 is 9.73 Å². The van der Waals surface area contributed by atoms with Gasteiger partial charge in [-0.3, -0.25) is 4.90 Å². The minimum Gasteiger partial charge on any atom is -0.461 e. The number of nitrogens with zero attached hydrogens (tertiary/aromatic N) is 2. The van der Waals surface area contributed by atoms with E-state index in [-0.39, 0.29) is 0 Å². The number of hydrogen-bond acceptors (Lipinski definition) is 5. The number of furan rings is 1. The summed E-state index contributed by atoms with van der Waals surface area (Å²) in [5, 5.41) is 5.75. The quantitative estimate of drug-likeness (QED) is 0.588. The molecule has 0 aliphatic carbocycles. The van der Waals surface area contributed by atoms with E-state index in [1.807, 2.05) is 12.1 Å². The molecule has 4 nitrogen and oxygen atoms in total.